The summed E-state index contributed by atoms with van der Waals surface area (Å²) in [5.74, 6) is 0.393. The van der Waals surface area contributed by atoms with Gasteiger partial charge in [-0.2, -0.15) is 11.8 Å². The number of nitrogens with one attached hydrogen (secondary N) is 1. The molecule has 1 aromatic carbocycles. The largest absolute Gasteiger partial charge is 0.496 e. The summed E-state index contributed by atoms with van der Waals surface area (Å²) in [5, 5.41) is 3.62. The normalized spacial score (nSPS) is 22.3. The summed E-state index contributed by atoms with van der Waals surface area (Å²) < 4.78 is 5.24. The number of benzene rings is 1. The van der Waals surface area contributed by atoms with E-state index in [-0.39, 0.29) is 11.9 Å². The number of ether oxygens (including phenoxy) is 1. The average Bonchev–Trinajstić information content (AvgIpc) is 2.47. The van der Waals surface area contributed by atoms with Crippen molar-refractivity contribution in [2.45, 2.75) is 37.0 Å². The van der Waals surface area contributed by atoms with Crippen LogP contribution in [-0.4, -0.2) is 30.6 Å². The minimum Gasteiger partial charge on any atom is -0.496 e. The maximum Gasteiger partial charge on any atom is 0.257 e. The number of carbonyl (C=O) groups is 1. The zero-order chi connectivity index (χ0) is 14.5. The van der Waals surface area contributed by atoms with Gasteiger partial charge in [-0.1, -0.05) is 18.9 Å². The zero-order valence-electron chi connectivity index (χ0n) is 12.0. The molecule has 5 heteroatoms. The van der Waals surface area contributed by atoms with Crippen molar-refractivity contribution in [1.82, 2.24) is 5.32 Å². The number of hydrogen-bond acceptors (Lipinski definition) is 4. The molecule has 0 saturated heterocycles. The first-order chi connectivity index (χ1) is 9.67. The Morgan fingerprint density at radius 2 is 2.15 bits per heavy atom. The SMILES string of the molecule is COc1cccc(N)c1C(=O)NC1CCCCC1SC. The molecule has 2 unspecified atom stereocenters. The molecule has 2 atom stereocenters. The molecular weight excluding hydrogens is 272 g/mol. The predicted octanol–water partition coefficient (Wildman–Crippen LogP) is 2.68. The van der Waals surface area contributed by atoms with Gasteiger partial charge in [0.1, 0.15) is 11.3 Å². The van der Waals surface area contributed by atoms with E-state index in [1.165, 1.54) is 12.8 Å². The third-order valence-corrected chi connectivity index (χ3v) is 5.00. The highest BCUT2D eigenvalue weighted by Crippen LogP contribution is 2.29. The van der Waals surface area contributed by atoms with Crippen molar-refractivity contribution < 1.29 is 9.53 Å². The molecular formula is C15H22N2O2S. The van der Waals surface area contributed by atoms with Crippen LogP contribution < -0.4 is 15.8 Å². The molecule has 1 aliphatic rings. The second kappa shape index (κ2) is 6.88. The molecule has 20 heavy (non-hydrogen) atoms. The summed E-state index contributed by atoms with van der Waals surface area (Å²) in [4.78, 5) is 12.5. The van der Waals surface area contributed by atoms with Crippen molar-refractivity contribution in [3.63, 3.8) is 0 Å². The van der Waals surface area contributed by atoms with E-state index in [2.05, 4.69) is 11.6 Å². The number of rotatable bonds is 4. The number of amides is 1. The van der Waals surface area contributed by atoms with Gasteiger partial charge in [-0.15, -0.1) is 0 Å². The topological polar surface area (TPSA) is 64.3 Å². The Kier molecular flexibility index (Phi) is 5.17. The van der Waals surface area contributed by atoms with Crippen molar-refractivity contribution >= 4 is 23.4 Å². The van der Waals surface area contributed by atoms with Crippen molar-refractivity contribution in [3.8, 4) is 5.75 Å². The van der Waals surface area contributed by atoms with E-state index in [0.717, 1.165) is 12.8 Å². The third kappa shape index (κ3) is 3.20. The van der Waals surface area contributed by atoms with Gasteiger partial charge in [0, 0.05) is 17.0 Å². The minimum absolute atomic E-state index is 0.133. The number of methoxy groups -OCH3 is 1. The van der Waals surface area contributed by atoms with Crippen LogP contribution in [0.3, 0.4) is 0 Å². The van der Waals surface area contributed by atoms with Crippen molar-refractivity contribution in [1.29, 1.82) is 0 Å². The summed E-state index contributed by atoms with van der Waals surface area (Å²) in [5.41, 5.74) is 6.83. The fourth-order valence-corrected chi connectivity index (χ4v) is 3.68. The van der Waals surface area contributed by atoms with Gasteiger partial charge < -0.3 is 15.8 Å². The van der Waals surface area contributed by atoms with Gasteiger partial charge in [-0.3, -0.25) is 4.79 Å². The Bertz CT molecular complexity index is 479. The monoisotopic (exact) mass is 294 g/mol. The number of carbonyl (C=O) groups excluding carboxylic acids is 1. The summed E-state index contributed by atoms with van der Waals surface area (Å²) in [6.45, 7) is 0. The van der Waals surface area contributed by atoms with Crippen molar-refractivity contribution in [2.75, 3.05) is 19.1 Å². The molecule has 2 rings (SSSR count). The predicted molar refractivity (Wildman–Crippen MR) is 84.4 cm³/mol. The van der Waals surface area contributed by atoms with Crippen LogP contribution in [0.25, 0.3) is 0 Å². The van der Waals surface area contributed by atoms with E-state index >= 15 is 0 Å². The third-order valence-electron chi connectivity index (χ3n) is 3.83. The van der Waals surface area contributed by atoms with E-state index < -0.39 is 0 Å². The van der Waals surface area contributed by atoms with Crippen molar-refractivity contribution in [2.24, 2.45) is 0 Å². The molecule has 0 aromatic heterocycles. The molecule has 1 saturated carbocycles. The number of hydrogen-bond donors (Lipinski definition) is 2. The number of nitrogen functional groups attached to an aromatic ring is 1. The second-order valence-electron chi connectivity index (χ2n) is 5.06. The van der Waals surface area contributed by atoms with E-state index in [4.69, 9.17) is 10.5 Å². The van der Waals surface area contributed by atoms with Crippen LogP contribution in [0.5, 0.6) is 5.75 Å². The van der Waals surface area contributed by atoms with Gasteiger partial charge in [0.05, 0.1) is 7.11 Å². The highest BCUT2D eigenvalue weighted by Gasteiger charge is 2.27. The second-order valence-corrected chi connectivity index (χ2v) is 6.14. The van der Waals surface area contributed by atoms with Gasteiger partial charge in [-0.25, -0.2) is 0 Å². The van der Waals surface area contributed by atoms with Crippen molar-refractivity contribution in [3.05, 3.63) is 23.8 Å². The molecule has 0 aliphatic heterocycles. The lowest BCUT2D eigenvalue weighted by Crippen LogP contribution is -2.43. The van der Waals surface area contributed by atoms with Crippen LogP contribution >= 0.6 is 11.8 Å². The lowest BCUT2D eigenvalue weighted by molar-refractivity contribution is 0.0927. The van der Waals surface area contributed by atoms with Crippen LogP contribution in [0, 0.1) is 0 Å². The highest BCUT2D eigenvalue weighted by molar-refractivity contribution is 7.99. The fourth-order valence-electron chi connectivity index (χ4n) is 2.75. The first-order valence-electron chi connectivity index (χ1n) is 6.93. The van der Waals surface area contributed by atoms with Crippen LogP contribution in [0.15, 0.2) is 18.2 Å². The summed E-state index contributed by atoms with van der Waals surface area (Å²) in [6, 6.07) is 5.49. The molecule has 4 nitrogen and oxygen atoms in total. The number of anilines is 1. The maximum absolute atomic E-state index is 12.5. The Morgan fingerprint density at radius 3 is 2.85 bits per heavy atom. The smallest absolute Gasteiger partial charge is 0.257 e. The van der Waals surface area contributed by atoms with E-state index in [9.17, 15) is 4.79 Å². The van der Waals surface area contributed by atoms with Gasteiger partial charge in [-0.05, 0) is 31.2 Å². The standard InChI is InChI=1S/C15H22N2O2S/c1-19-12-8-5-6-10(16)14(12)15(18)17-11-7-3-4-9-13(11)20-2/h5-6,8,11,13H,3-4,7,9,16H2,1-2H3,(H,17,18). The molecule has 110 valence electrons. The maximum atomic E-state index is 12.5. The molecule has 0 heterocycles. The van der Waals surface area contributed by atoms with Gasteiger partial charge in [0.2, 0.25) is 0 Å². The van der Waals surface area contributed by atoms with Gasteiger partial charge >= 0.3 is 0 Å². The van der Waals surface area contributed by atoms with Crippen LogP contribution in [0.2, 0.25) is 0 Å². The lowest BCUT2D eigenvalue weighted by Gasteiger charge is -2.31. The molecule has 1 aliphatic carbocycles. The summed E-state index contributed by atoms with van der Waals surface area (Å²) >= 11 is 1.83. The molecule has 0 spiro atoms. The fraction of sp³-hybridized carbons (Fsp3) is 0.533. The molecule has 3 N–H and O–H groups in total. The van der Waals surface area contributed by atoms with Crippen LogP contribution in [0.4, 0.5) is 5.69 Å². The van der Waals surface area contributed by atoms with Crippen LogP contribution in [0.1, 0.15) is 36.0 Å². The van der Waals surface area contributed by atoms with E-state index in [1.54, 1.807) is 25.3 Å². The molecule has 0 radical (unpaired) electrons. The van der Waals surface area contributed by atoms with Gasteiger partial charge in [0.25, 0.3) is 5.91 Å². The van der Waals surface area contributed by atoms with Crippen LogP contribution in [-0.2, 0) is 0 Å². The highest BCUT2D eigenvalue weighted by atomic mass is 32.2. The zero-order valence-corrected chi connectivity index (χ0v) is 12.8. The van der Waals surface area contributed by atoms with E-state index in [1.807, 2.05) is 11.8 Å². The first-order valence-corrected chi connectivity index (χ1v) is 8.22. The van der Waals surface area contributed by atoms with Gasteiger partial charge in [0.15, 0.2) is 0 Å². The summed E-state index contributed by atoms with van der Waals surface area (Å²) in [7, 11) is 1.55. The van der Waals surface area contributed by atoms with E-state index in [0.29, 0.717) is 22.3 Å². The number of thioether (sulfide) groups is 1. The quantitative estimate of drug-likeness (QED) is 0.838. The number of nitrogens with two attached hydrogens (primary N) is 1. The molecule has 1 amide bonds. The molecule has 0 bridgehead atoms. The summed E-state index contributed by atoms with van der Waals surface area (Å²) in [6.07, 6.45) is 6.71. The molecule has 1 aromatic rings. The average molecular weight is 294 g/mol. The Morgan fingerprint density at radius 1 is 1.40 bits per heavy atom. The Labute approximate surface area is 124 Å². The Balaban J connectivity index is 2.15. The lowest BCUT2D eigenvalue weighted by atomic mass is 9.94. The molecule has 1 fully saturated rings. The first kappa shape index (κ1) is 15.0. The Hall–Kier alpha value is -1.36. The minimum atomic E-state index is -0.133.